The van der Waals surface area contributed by atoms with Crippen molar-refractivity contribution in [1.82, 2.24) is 5.09 Å². The average Bonchev–Trinajstić information content (AvgIpc) is 2.75. The maximum absolute atomic E-state index is 12.4. The highest BCUT2D eigenvalue weighted by molar-refractivity contribution is 8.21. The molecule has 0 aliphatic carbocycles. The summed E-state index contributed by atoms with van der Waals surface area (Å²) in [5, 5.41) is 5.46. The molecular weight excluding hydrogens is 373 g/mol. The molecule has 0 fully saturated rings. The van der Waals surface area contributed by atoms with Crippen molar-refractivity contribution < 1.29 is 9.53 Å². The van der Waals surface area contributed by atoms with Crippen LogP contribution in [0.15, 0.2) is 97.2 Å². The second kappa shape index (κ2) is 8.81. The third kappa shape index (κ3) is 4.36. The second-order valence-corrected chi connectivity index (χ2v) is 9.98. The summed E-state index contributed by atoms with van der Waals surface area (Å²) in [6, 6.07) is 29.4. The van der Waals surface area contributed by atoms with Crippen LogP contribution in [-0.4, -0.2) is 13.1 Å². The molecule has 0 amide bonds. The molecule has 27 heavy (non-hydrogen) atoms. The molecular formula is C22H20NO2PS. The minimum absolute atomic E-state index is 0.406. The lowest BCUT2D eigenvalue weighted by Crippen LogP contribution is -2.25. The van der Waals surface area contributed by atoms with Crippen LogP contribution in [0, 0.1) is 0 Å². The lowest BCUT2D eigenvalue weighted by molar-refractivity contribution is -0.133. The lowest BCUT2D eigenvalue weighted by atomic mass is 10.1. The summed E-state index contributed by atoms with van der Waals surface area (Å²) in [6.45, 7) is 0. The number of rotatable bonds is 6. The number of hydrogen-bond donors (Lipinski definition) is 1. The molecule has 3 nitrogen and oxygen atoms in total. The zero-order valence-electron chi connectivity index (χ0n) is 14.9. The van der Waals surface area contributed by atoms with Gasteiger partial charge in [-0.3, -0.25) is 0 Å². The van der Waals surface area contributed by atoms with E-state index in [4.69, 9.17) is 16.5 Å². The molecule has 1 N–H and O–H groups in total. The Kier molecular flexibility index (Phi) is 6.23. The predicted octanol–water partition coefficient (Wildman–Crippen LogP) is 3.84. The lowest BCUT2D eigenvalue weighted by Gasteiger charge is -2.24. The Morgan fingerprint density at radius 1 is 0.852 bits per heavy atom. The van der Waals surface area contributed by atoms with Crippen LogP contribution in [0.3, 0.4) is 0 Å². The van der Waals surface area contributed by atoms with Crippen molar-refractivity contribution in [2.45, 2.75) is 0 Å². The number of benzene rings is 3. The Morgan fingerprint density at radius 2 is 1.30 bits per heavy atom. The number of carbonyl (C=O) groups is 1. The van der Waals surface area contributed by atoms with E-state index in [1.165, 1.54) is 7.11 Å². The van der Waals surface area contributed by atoms with Gasteiger partial charge in [-0.1, -0.05) is 103 Å². The van der Waals surface area contributed by atoms with Gasteiger partial charge in [0.1, 0.15) is 0 Å². The Bertz CT molecular complexity index is 929. The summed E-state index contributed by atoms with van der Waals surface area (Å²) in [5.41, 5.74) is 1.22. The molecule has 0 spiro atoms. The largest absolute Gasteiger partial charge is 0.465 e. The molecule has 0 bridgehead atoms. The smallest absolute Gasteiger partial charge is 0.339 e. The summed E-state index contributed by atoms with van der Waals surface area (Å²) in [6.07, 6.45) is -0.653. The Hall–Kier alpha value is -2.68. The first-order chi connectivity index (χ1) is 13.1. The molecule has 136 valence electrons. The number of hydrogen-bond acceptors (Lipinski definition) is 3. The Balaban J connectivity index is 2.07. The van der Waals surface area contributed by atoms with Gasteiger partial charge in [0.15, 0.2) is 0 Å². The fourth-order valence-corrected chi connectivity index (χ4v) is 5.70. The van der Waals surface area contributed by atoms with Gasteiger partial charge in [-0.2, -0.15) is 0 Å². The van der Waals surface area contributed by atoms with Crippen molar-refractivity contribution in [1.29, 1.82) is 0 Å². The average molecular weight is 393 g/mol. The highest BCUT2D eigenvalue weighted by Crippen LogP contribution is 2.39. The standard InChI is InChI=1S/C22H20NO2PS/c1-25-22(24)21(18-11-5-2-6-12-18)17-23-26(27,19-13-7-3-8-14-19)20-15-9-4-10-16-20/h2-17H,1H3,(H,23,27)/b21-17-. The monoisotopic (exact) mass is 393 g/mol. The Labute approximate surface area is 164 Å². The molecule has 0 aliphatic heterocycles. The van der Waals surface area contributed by atoms with Crippen LogP contribution in [0.2, 0.25) is 0 Å². The van der Waals surface area contributed by atoms with E-state index < -0.39 is 12.2 Å². The summed E-state index contributed by atoms with van der Waals surface area (Å²) < 4.78 is 4.97. The van der Waals surface area contributed by atoms with E-state index in [-0.39, 0.29) is 0 Å². The summed E-state index contributed by atoms with van der Waals surface area (Å²) >= 11 is 6.13. The van der Waals surface area contributed by atoms with E-state index in [2.05, 4.69) is 5.09 Å². The van der Waals surface area contributed by atoms with Crippen LogP contribution in [0.25, 0.3) is 5.57 Å². The quantitative estimate of drug-likeness (QED) is 0.392. The van der Waals surface area contributed by atoms with E-state index in [1.54, 1.807) is 6.20 Å². The van der Waals surface area contributed by atoms with Gasteiger partial charge < -0.3 is 9.82 Å². The summed E-state index contributed by atoms with van der Waals surface area (Å²) in [4.78, 5) is 12.4. The van der Waals surface area contributed by atoms with E-state index in [0.29, 0.717) is 5.57 Å². The van der Waals surface area contributed by atoms with Crippen molar-refractivity contribution in [2.75, 3.05) is 7.11 Å². The number of methoxy groups -OCH3 is 1. The van der Waals surface area contributed by atoms with Gasteiger partial charge in [-0.05, 0) is 5.56 Å². The molecule has 0 aliphatic rings. The molecule has 3 rings (SSSR count). The van der Waals surface area contributed by atoms with Gasteiger partial charge >= 0.3 is 5.97 Å². The first kappa shape index (κ1) is 19.1. The normalized spacial score (nSPS) is 11.7. The van der Waals surface area contributed by atoms with Crippen LogP contribution < -0.4 is 15.7 Å². The van der Waals surface area contributed by atoms with Gasteiger partial charge in [0.2, 0.25) is 0 Å². The fourth-order valence-electron chi connectivity index (χ4n) is 2.72. The molecule has 3 aromatic carbocycles. The van der Waals surface area contributed by atoms with Gasteiger partial charge in [0.25, 0.3) is 0 Å². The number of carbonyl (C=O) groups excluding carboxylic acids is 1. The molecule has 0 heterocycles. The van der Waals surface area contributed by atoms with Gasteiger partial charge in [0, 0.05) is 16.8 Å². The molecule has 0 aromatic heterocycles. The minimum Gasteiger partial charge on any atom is -0.465 e. The first-order valence-electron chi connectivity index (χ1n) is 8.48. The van der Waals surface area contributed by atoms with Gasteiger partial charge in [0.05, 0.1) is 18.9 Å². The van der Waals surface area contributed by atoms with Crippen LogP contribution >= 0.6 is 6.19 Å². The highest BCUT2D eigenvalue weighted by atomic mass is 32.4. The maximum atomic E-state index is 12.4. The van der Waals surface area contributed by atoms with Crippen LogP contribution in [-0.2, 0) is 21.3 Å². The molecule has 3 aromatic rings. The molecule has 0 radical (unpaired) electrons. The van der Waals surface area contributed by atoms with Crippen molar-refractivity contribution in [3.63, 3.8) is 0 Å². The molecule has 0 saturated heterocycles. The van der Waals surface area contributed by atoms with E-state index >= 15 is 0 Å². The number of nitrogens with one attached hydrogen (secondary N) is 1. The maximum Gasteiger partial charge on any atom is 0.339 e. The molecule has 0 saturated carbocycles. The minimum atomic E-state index is -2.35. The third-order valence-electron chi connectivity index (χ3n) is 4.12. The zero-order valence-corrected chi connectivity index (χ0v) is 16.6. The summed E-state index contributed by atoms with van der Waals surface area (Å²) in [5.74, 6) is -0.406. The number of esters is 1. The van der Waals surface area contributed by atoms with Gasteiger partial charge in [-0.15, -0.1) is 0 Å². The van der Waals surface area contributed by atoms with E-state index in [0.717, 1.165) is 16.2 Å². The molecule has 0 atom stereocenters. The molecule has 5 heteroatoms. The number of ether oxygens (including phenoxy) is 1. The van der Waals surface area contributed by atoms with Crippen LogP contribution in [0.5, 0.6) is 0 Å². The van der Waals surface area contributed by atoms with Crippen LogP contribution in [0.1, 0.15) is 5.56 Å². The summed E-state index contributed by atoms with van der Waals surface area (Å²) in [7, 11) is 1.38. The topological polar surface area (TPSA) is 38.3 Å². The van der Waals surface area contributed by atoms with Gasteiger partial charge in [-0.25, -0.2) is 4.79 Å². The SMILES string of the molecule is COC(=O)/C(=C\NP(=S)(c1ccccc1)c1ccccc1)c1ccccc1. The van der Waals surface area contributed by atoms with Crippen LogP contribution in [0.4, 0.5) is 0 Å². The third-order valence-corrected chi connectivity index (χ3v) is 8.24. The highest BCUT2D eigenvalue weighted by Gasteiger charge is 2.22. The Morgan fingerprint density at radius 3 is 1.74 bits per heavy atom. The van der Waals surface area contributed by atoms with Crippen molar-refractivity contribution in [3.8, 4) is 0 Å². The fraction of sp³-hybridized carbons (Fsp3) is 0.0455. The zero-order chi connectivity index (χ0) is 19.1. The predicted molar refractivity (Wildman–Crippen MR) is 116 cm³/mol. The second-order valence-electron chi connectivity index (χ2n) is 5.83. The van der Waals surface area contributed by atoms with E-state index in [1.807, 2.05) is 91.0 Å². The van der Waals surface area contributed by atoms with Crippen molar-refractivity contribution in [2.24, 2.45) is 0 Å². The van der Waals surface area contributed by atoms with E-state index in [9.17, 15) is 4.79 Å². The van der Waals surface area contributed by atoms with Crippen molar-refractivity contribution in [3.05, 3.63) is 103 Å². The molecule has 0 unspecified atom stereocenters. The first-order valence-corrected chi connectivity index (χ1v) is 11.3. The van der Waals surface area contributed by atoms with Crippen molar-refractivity contribution >= 4 is 40.1 Å².